The Kier molecular flexibility index (Phi) is 4.05. The van der Waals surface area contributed by atoms with Gasteiger partial charge in [-0.05, 0) is 92.8 Å². The molecule has 5 fully saturated rings. The van der Waals surface area contributed by atoms with E-state index in [-0.39, 0.29) is 29.6 Å². The first kappa shape index (κ1) is 18.2. The normalized spacial score (nSPS) is 51.0. The minimum atomic E-state index is -0.282. The standard InChI is InChI=1S/C25H32O4/c1-2-21(26)28-20-12-16-11-19(20)23-15-9-17(22(16)23)18(10-15)24(27)29-25-7-3-5-14(13-25)6-4-8-25/h2-3,5,14-20,22-23H,1,4,6-13H2. The molecule has 0 saturated heterocycles. The molecule has 4 heteroatoms. The predicted octanol–water partition coefficient (Wildman–Crippen LogP) is 4.44. The molecular formula is C25H32O4. The van der Waals surface area contributed by atoms with Crippen molar-refractivity contribution in [3.8, 4) is 0 Å². The lowest BCUT2D eigenvalue weighted by molar-refractivity contribution is -0.174. The van der Waals surface area contributed by atoms with Crippen molar-refractivity contribution < 1.29 is 19.1 Å². The molecule has 6 rings (SSSR count). The van der Waals surface area contributed by atoms with Crippen LogP contribution in [0.1, 0.15) is 57.8 Å². The predicted molar refractivity (Wildman–Crippen MR) is 108 cm³/mol. The van der Waals surface area contributed by atoms with Crippen molar-refractivity contribution >= 4 is 11.9 Å². The fourth-order valence-electron chi connectivity index (χ4n) is 8.76. The van der Waals surface area contributed by atoms with Gasteiger partial charge in [0.1, 0.15) is 11.7 Å². The molecule has 6 aliphatic rings. The first-order valence-electron chi connectivity index (χ1n) is 11.8. The van der Waals surface area contributed by atoms with Crippen LogP contribution in [0.25, 0.3) is 0 Å². The lowest BCUT2D eigenvalue weighted by atomic mass is 9.66. The van der Waals surface area contributed by atoms with Crippen LogP contribution in [0, 0.1) is 47.3 Å². The van der Waals surface area contributed by atoms with Crippen molar-refractivity contribution in [1.82, 2.24) is 0 Å². The summed E-state index contributed by atoms with van der Waals surface area (Å²) in [6.45, 7) is 3.54. The molecule has 6 aliphatic carbocycles. The van der Waals surface area contributed by atoms with Gasteiger partial charge in [0.15, 0.2) is 0 Å². The summed E-state index contributed by atoms with van der Waals surface area (Å²) in [5.74, 6) is 4.07. The number of rotatable bonds is 4. The molecule has 5 saturated carbocycles. The van der Waals surface area contributed by atoms with Crippen molar-refractivity contribution in [2.75, 3.05) is 0 Å². The maximum Gasteiger partial charge on any atom is 0.330 e. The fourth-order valence-corrected chi connectivity index (χ4v) is 8.76. The van der Waals surface area contributed by atoms with E-state index in [1.165, 1.54) is 31.8 Å². The third-order valence-corrected chi connectivity index (χ3v) is 9.55. The lowest BCUT2D eigenvalue weighted by Crippen LogP contribution is -2.45. The second-order valence-electron chi connectivity index (χ2n) is 10.8. The average Bonchev–Trinajstić information content (AvgIpc) is 3.46. The summed E-state index contributed by atoms with van der Waals surface area (Å²) in [5, 5.41) is 0. The Morgan fingerprint density at radius 3 is 2.72 bits per heavy atom. The van der Waals surface area contributed by atoms with Crippen molar-refractivity contribution in [1.29, 1.82) is 0 Å². The van der Waals surface area contributed by atoms with E-state index in [1.54, 1.807) is 0 Å². The highest BCUT2D eigenvalue weighted by Gasteiger charge is 2.66. The lowest BCUT2D eigenvalue weighted by Gasteiger charge is -2.44. The zero-order valence-corrected chi connectivity index (χ0v) is 17.1. The minimum Gasteiger partial charge on any atom is -0.459 e. The molecule has 0 aromatic carbocycles. The Balaban J connectivity index is 1.15. The van der Waals surface area contributed by atoms with Gasteiger partial charge in [0.05, 0.1) is 5.92 Å². The van der Waals surface area contributed by atoms with Gasteiger partial charge in [0.2, 0.25) is 0 Å². The number of esters is 2. The van der Waals surface area contributed by atoms with Gasteiger partial charge >= 0.3 is 11.9 Å². The Bertz CT molecular complexity index is 771. The van der Waals surface area contributed by atoms with Gasteiger partial charge in [0.25, 0.3) is 0 Å². The zero-order chi connectivity index (χ0) is 19.8. The molecule has 156 valence electrons. The van der Waals surface area contributed by atoms with Gasteiger partial charge in [-0.15, -0.1) is 0 Å². The first-order valence-corrected chi connectivity index (χ1v) is 11.8. The molecular weight excluding hydrogens is 364 g/mol. The second-order valence-corrected chi connectivity index (χ2v) is 10.8. The monoisotopic (exact) mass is 396 g/mol. The van der Waals surface area contributed by atoms with E-state index in [1.807, 2.05) is 0 Å². The van der Waals surface area contributed by atoms with Gasteiger partial charge in [-0.25, -0.2) is 4.79 Å². The van der Waals surface area contributed by atoms with Crippen LogP contribution in [0.4, 0.5) is 0 Å². The number of hydrogen-bond acceptors (Lipinski definition) is 4. The molecule has 0 spiro atoms. The van der Waals surface area contributed by atoms with E-state index in [4.69, 9.17) is 9.47 Å². The number of carbonyl (C=O) groups is 2. The Morgan fingerprint density at radius 1 is 1.07 bits per heavy atom. The van der Waals surface area contributed by atoms with Crippen LogP contribution < -0.4 is 0 Å². The molecule has 6 bridgehead atoms. The number of ether oxygens (including phenoxy) is 2. The van der Waals surface area contributed by atoms with Gasteiger partial charge in [-0.3, -0.25) is 4.79 Å². The summed E-state index contributed by atoms with van der Waals surface area (Å²) < 4.78 is 12.0. The Labute approximate surface area is 173 Å². The number of allylic oxidation sites excluding steroid dienone is 1. The highest BCUT2D eigenvalue weighted by molar-refractivity contribution is 5.81. The van der Waals surface area contributed by atoms with Crippen LogP contribution in [0.5, 0.6) is 0 Å². The third kappa shape index (κ3) is 2.70. The summed E-state index contributed by atoms with van der Waals surface area (Å²) in [6.07, 6.45) is 15.7. The zero-order valence-electron chi connectivity index (χ0n) is 17.1. The van der Waals surface area contributed by atoms with Crippen LogP contribution in [0.2, 0.25) is 0 Å². The van der Waals surface area contributed by atoms with Crippen LogP contribution in [0.3, 0.4) is 0 Å². The third-order valence-electron chi connectivity index (χ3n) is 9.55. The van der Waals surface area contributed by atoms with E-state index >= 15 is 0 Å². The van der Waals surface area contributed by atoms with E-state index in [9.17, 15) is 9.59 Å². The molecule has 0 amide bonds. The number of hydrogen-bond donors (Lipinski definition) is 0. The summed E-state index contributed by atoms with van der Waals surface area (Å²) in [7, 11) is 0. The second kappa shape index (κ2) is 6.46. The highest BCUT2D eigenvalue weighted by Crippen LogP contribution is 2.69. The smallest absolute Gasteiger partial charge is 0.330 e. The summed E-state index contributed by atoms with van der Waals surface area (Å²) in [5.41, 5.74) is -0.214. The maximum atomic E-state index is 13.3. The van der Waals surface area contributed by atoms with Crippen molar-refractivity contribution in [2.24, 2.45) is 47.3 Å². The van der Waals surface area contributed by atoms with E-state index in [2.05, 4.69) is 18.7 Å². The molecule has 0 heterocycles. The van der Waals surface area contributed by atoms with Gasteiger partial charge in [0, 0.05) is 12.5 Å². The average molecular weight is 397 g/mol. The Morgan fingerprint density at radius 2 is 1.86 bits per heavy atom. The quantitative estimate of drug-likeness (QED) is 0.305. The van der Waals surface area contributed by atoms with Crippen LogP contribution in [-0.2, 0) is 19.1 Å². The summed E-state index contributed by atoms with van der Waals surface area (Å²) in [6, 6.07) is 0. The largest absolute Gasteiger partial charge is 0.459 e. The van der Waals surface area contributed by atoms with Gasteiger partial charge in [-0.1, -0.05) is 18.7 Å². The molecule has 0 radical (unpaired) electrons. The fraction of sp³-hybridized carbons (Fsp3) is 0.760. The topological polar surface area (TPSA) is 52.6 Å². The molecule has 10 atom stereocenters. The number of carbonyl (C=O) groups excluding carboxylic acids is 2. The van der Waals surface area contributed by atoms with Crippen LogP contribution in [0.15, 0.2) is 24.8 Å². The summed E-state index contributed by atoms with van der Waals surface area (Å²) in [4.78, 5) is 25.0. The van der Waals surface area contributed by atoms with Crippen LogP contribution >= 0.6 is 0 Å². The molecule has 0 aliphatic heterocycles. The van der Waals surface area contributed by atoms with E-state index in [0.717, 1.165) is 32.1 Å². The van der Waals surface area contributed by atoms with Crippen LogP contribution in [-0.4, -0.2) is 23.6 Å². The van der Waals surface area contributed by atoms with Crippen molar-refractivity contribution in [2.45, 2.75) is 69.5 Å². The SMILES string of the molecule is C=CC(=O)OC1CC2CC1C1C3CC(C(=O)OC45CC=CC(CCC4)C5)C(C3)C21. The van der Waals surface area contributed by atoms with E-state index < -0.39 is 0 Å². The summed E-state index contributed by atoms with van der Waals surface area (Å²) >= 11 is 0. The molecule has 0 N–H and O–H groups in total. The molecule has 4 nitrogen and oxygen atoms in total. The molecule has 29 heavy (non-hydrogen) atoms. The molecule has 0 aromatic rings. The van der Waals surface area contributed by atoms with Crippen molar-refractivity contribution in [3.05, 3.63) is 24.8 Å². The first-order chi connectivity index (χ1) is 14.1. The van der Waals surface area contributed by atoms with Crippen molar-refractivity contribution in [3.63, 3.8) is 0 Å². The van der Waals surface area contributed by atoms with Gasteiger partial charge < -0.3 is 9.47 Å². The van der Waals surface area contributed by atoms with E-state index in [0.29, 0.717) is 41.4 Å². The Hall–Kier alpha value is -1.58. The highest BCUT2D eigenvalue weighted by atomic mass is 16.6. The van der Waals surface area contributed by atoms with Gasteiger partial charge in [-0.2, -0.15) is 0 Å². The minimum absolute atomic E-state index is 0.0728. The molecule has 10 unspecified atom stereocenters. The number of fused-ring (bicyclic) bond motifs is 11. The maximum absolute atomic E-state index is 13.3. The molecule has 0 aromatic heterocycles.